The van der Waals surface area contributed by atoms with Crippen LogP contribution in [0.5, 0.6) is 0 Å². The van der Waals surface area contributed by atoms with Crippen molar-refractivity contribution in [1.82, 2.24) is 25.6 Å². The molecular weight excluding hydrogens is 450 g/mol. The Labute approximate surface area is 203 Å². The molecule has 0 fully saturated rings. The highest BCUT2D eigenvalue weighted by molar-refractivity contribution is 5.93. The fourth-order valence-corrected chi connectivity index (χ4v) is 3.09. The molecule has 35 heavy (non-hydrogen) atoms. The van der Waals surface area contributed by atoms with Crippen LogP contribution in [0.25, 0.3) is 0 Å². The van der Waals surface area contributed by atoms with E-state index >= 15 is 0 Å². The SMILES string of the molecule is CCOCc1cccc(C(=O)NCc2cccc(C(=O)NCc3cccnc3C(=O)OCC)n2)n1. The van der Waals surface area contributed by atoms with E-state index in [9.17, 15) is 14.4 Å². The summed E-state index contributed by atoms with van der Waals surface area (Å²) in [5.41, 5.74) is 2.29. The monoisotopic (exact) mass is 477 g/mol. The summed E-state index contributed by atoms with van der Waals surface area (Å²) < 4.78 is 10.3. The van der Waals surface area contributed by atoms with E-state index in [-0.39, 0.29) is 42.7 Å². The molecule has 3 aromatic heterocycles. The summed E-state index contributed by atoms with van der Waals surface area (Å²) in [7, 11) is 0. The number of ether oxygens (including phenoxy) is 2. The molecule has 10 heteroatoms. The van der Waals surface area contributed by atoms with Gasteiger partial charge in [0.15, 0.2) is 5.69 Å². The molecular formula is C25H27N5O5. The zero-order valence-electron chi connectivity index (χ0n) is 19.6. The zero-order valence-corrected chi connectivity index (χ0v) is 19.6. The highest BCUT2D eigenvalue weighted by atomic mass is 16.5. The van der Waals surface area contributed by atoms with Gasteiger partial charge >= 0.3 is 5.97 Å². The largest absolute Gasteiger partial charge is 0.461 e. The van der Waals surface area contributed by atoms with Gasteiger partial charge in [-0.1, -0.05) is 18.2 Å². The lowest BCUT2D eigenvalue weighted by Gasteiger charge is -2.10. The van der Waals surface area contributed by atoms with Gasteiger partial charge in [-0.3, -0.25) is 9.59 Å². The standard InChI is InChI=1S/C25H27N5O5/c1-3-34-16-19-10-6-12-21(30-19)24(32)28-15-18-9-5-11-20(29-18)23(31)27-14-17-8-7-13-26-22(17)25(33)35-4-2/h5-13H,3-4,14-16H2,1-2H3,(H,27,31)(H,28,32). The summed E-state index contributed by atoms with van der Waals surface area (Å²) in [4.78, 5) is 49.9. The summed E-state index contributed by atoms with van der Waals surface area (Å²) in [6.07, 6.45) is 1.49. The van der Waals surface area contributed by atoms with Crippen molar-refractivity contribution in [2.45, 2.75) is 33.5 Å². The van der Waals surface area contributed by atoms with Crippen molar-refractivity contribution in [3.05, 3.63) is 88.8 Å². The maximum absolute atomic E-state index is 12.6. The number of carbonyl (C=O) groups is 3. The van der Waals surface area contributed by atoms with Crippen LogP contribution in [0.3, 0.4) is 0 Å². The second kappa shape index (κ2) is 12.9. The highest BCUT2D eigenvalue weighted by Crippen LogP contribution is 2.08. The molecule has 0 bridgehead atoms. The van der Waals surface area contributed by atoms with E-state index in [1.54, 1.807) is 55.5 Å². The maximum atomic E-state index is 12.6. The lowest BCUT2D eigenvalue weighted by molar-refractivity contribution is 0.0517. The topological polar surface area (TPSA) is 132 Å². The lowest BCUT2D eigenvalue weighted by atomic mass is 10.2. The van der Waals surface area contributed by atoms with Gasteiger partial charge in [0, 0.05) is 24.9 Å². The van der Waals surface area contributed by atoms with Crippen molar-refractivity contribution in [3.63, 3.8) is 0 Å². The first-order valence-electron chi connectivity index (χ1n) is 11.2. The summed E-state index contributed by atoms with van der Waals surface area (Å²) >= 11 is 0. The van der Waals surface area contributed by atoms with Gasteiger partial charge in [-0.15, -0.1) is 0 Å². The molecule has 0 radical (unpaired) electrons. The summed E-state index contributed by atoms with van der Waals surface area (Å²) in [6, 6.07) is 13.5. The van der Waals surface area contributed by atoms with Crippen LogP contribution in [0, 0.1) is 0 Å². The van der Waals surface area contributed by atoms with Gasteiger partial charge in [0.1, 0.15) is 11.4 Å². The number of esters is 1. The van der Waals surface area contributed by atoms with Crippen molar-refractivity contribution < 1.29 is 23.9 Å². The van der Waals surface area contributed by atoms with Crippen molar-refractivity contribution >= 4 is 17.8 Å². The van der Waals surface area contributed by atoms with Crippen molar-refractivity contribution in [2.75, 3.05) is 13.2 Å². The lowest BCUT2D eigenvalue weighted by Crippen LogP contribution is -2.27. The number of nitrogens with zero attached hydrogens (tertiary/aromatic N) is 3. The molecule has 0 atom stereocenters. The van der Waals surface area contributed by atoms with Gasteiger partial charge in [-0.05, 0) is 44.2 Å². The van der Waals surface area contributed by atoms with Crippen molar-refractivity contribution in [2.24, 2.45) is 0 Å². The van der Waals surface area contributed by atoms with Crippen molar-refractivity contribution in [3.8, 4) is 0 Å². The second-order valence-corrected chi connectivity index (χ2v) is 7.26. The van der Waals surface area contributed by atoms with Crippen LogP contribution in [0.2, 0.25) is 0 Å². The Kier molecular flexibility index (Phi) is 9.38. The Morgan fingerprint density at radius 3 is 2.14 bits per heavy atom. The summed E-state index contributed by atoms with van der Waals surface area (Å²) in [6.45, 7) is 4.90. The minimum atomic E-state index is -0.550. The van der Waals surface area contributed by atoms with Crippen LogP contribution in [0.4, 0.5) is 0 Å². The number of amides is 2. The third-order valence-corrected chi connectivity index (χ3v) is 4.76. The molecule has 0 unspecified atom stereocenters. The third-order valence-electron chi connectivity index (χ3n) is 4.76. The molecule has 0 aliphatic carbocycles. The zero-order chi connectivity index (χ0) is 25.0. The molecule has 3 rings (SSSR count). The molecule has 3 heterocycles. The highest BCUT2D eigenvalue weighted by Gasteiger charge is 2.16. The first-order chi connectivity index (χ1) is 17.0. The fourth-order valence-electron chi connectivity index (χ4n) is 3.09. The second-order valence-electron chi connectivity index (χ2n) is 7.26. The minimum Gasteiger partial charge on any atom is -0.461 e. The molecule has 182 valence electrons. The van der Waals surface area contributed by atoms with Gasteiger partial charge in [-0.2, -0.15) is 0 Å². The van der Waals surface area contributed by atoms with E-state index in [1.807, 2.05) is 6.92 Å². The number of carbonyl (C=O) groups excluding carboxylic acids is 3. The molecule has 10 nitrogen and oxygen atoms in total. The van der Waals surface area contributed by atoms with E-state index in [2.05, 4.69) is 25.6 Å². The van der Waals surface area contributed by atoms with E-state index in [0.29, 0.717) is 30.2 Å². The van der Waals surface area contributed by atoms with Crippen LogP contribution < -0.4 is 10.6 Å². The molecule has 0 aromatic carbocycles. The van der Waals surface area contributed by atoms with Crippen LogP contribution in [-0.2, 0) is 29.2 Å². The number of rotatable bonds is 11. The molecule has 0 aliphatic heterocycles. The molecule has 0 spiro atoms. The molecule has 2 amide bonds. The molecule has 3 aromatic rings. The molecule has 0 aliphatic rings. The normalized spacial score (nSPS) is 10.5. The number of pyridine rings is 3. The smallest absolute Gasteiger partial charge is 0.357 e. The predicted octanol–water partition coefficient (Wildman–Crippen LogP) is 2.44. The Bertz CT molecular complexity index is 1180. The van der Waals surface area contributed by atoms with Crippen LogP contribution in [0.15, 0.2) is 54.7 Å². The maximum Gasteiger partial charge on any atom is 0.357 e. The van der Waals surface area contributed by atoms with Gasteiger partial charge in [0.2, 0.25) is 0 Å². The van der Waals surface area contributed by atoms with Gasteiger partial charge in [0.25, 0.3) is 11.8 Å². The number of hydrogen-bond donors (Lipinski definition) is 2. The van der Waals surface area contributed by atoms with E-state index in [1.165, 1.54) is 6.20 Å². The Morgan fingerprint density at radius 1 is 0.800 bits per heavy atom. The van der Waals surface area contributed by atoms with Gasteiger partial charge in [-0.25, -0.2) is 19.7 Å². The Morgan fingerprint density at radius 2 is 1.46 bits per heavy atom. The average Bonchev–Trinajstić information content (AvgIpc) is 2.89. The third kappa shape index (κ3) is 7.41. The molecule has 0 saturated heterocycles. The van der Waals surface area contributed by atoms with Gasteiger partial charge in [0.05, 0.1) is 31.1 Å². The van der Waals surface area contributed by atoms with Gasteiger partial charge < -0.3 is 20.1 Å². The van der Waals surface area contributed by atoms with Crippen LogP contribution in [-0.4, -0.2) is 45.9 Å². The Hall–Kier alpha value is -4.18. The van der Waals surface area contributed by atoms with E-state index in [4.69, 9.17) is 9.47 Å². The first-order valence-corrected chi connectivity index (χ1v) is 11.2. The molecule has 0 saturated carbocycles. The van der Waals surface area contributed by atoms with Crippen LogP contribution >= 0.6 is 0 Å². The fraction of sp³-hybridized carbons (Fsp3) is 0.280. The Balaban J connectivity index is 1.59. The minimum absolute atomic E-state index is 0.0766. The molecule has 2 N–H and O–H groups in total. The first kappa shape index (κ1) is 25.4. The number of hydrogen-bond acceptors (Lipinski definition) is 8. The van der Waals surface area contributed by atoms with E-state index in [0.717, 1.165) is 0 Å². The number of aromatic nitrogens is 3. The number of nitrogens with one attached hydrogen (secondary N) is 2. The predicted molar refractivity (Wildman–Crippen MR) is 126 cm³/mol. The summed E-state index contributed by atoms with van der Waals surface area (Å²) in [5, 5.41) is 5.49. The quantitative estimate of drug-likeness (QED) is 0.403. The van der Waals surface area contributed by atoms with Crippen LogP contribution in [0.1, 0.15) is 62.3 Å². The summed E-state index contributed by atoms with van der Waals surface area (Å²) in [5.74, 6) is -1.34. The average molecular weight is 478 g/mol. The van der Waals surface area contributed by atoms with Crippen molar-refractivity contribution in [1.29, 1.82) is 0 Å². The van der Waals surface area contributed by atoms with E-state index < -0.39 is 11.9 Å².